The quantitative estimate of drug-likeness (QED) is 0.537. The monoisotopic (exact) mass is 180 g/mol. The maximum atomic E-state index is 2.38. The van der Waals surface area contributed by atoms with Gasteiger partial charge >= 0.3 is 0 Å². The predicted molar refractivity (Wildman–Crippen MR) is 61.9 cm³/mol. The minimum absolute atomic E-state index is 0.790. The third-order valence-corrected chi connectivity index (χ3v) is 2.03. The average molecular weight is 180 g/mol. The van der Waals surface area contributed by atoms with Gasteiger partial charge in [-0.15, -0.1) is 0 Å². The lowest BCUT2D eigenvalue weighted by Gasteiger charge is -2.01. The lowest BCUT2D eigenvalue weighted by atomic mass is 10.1. The molecule has 0 aromatic rings. The average Bonchev–Trinajstić information content (AvgIpc) is 2.00. The van der Waals surface area contributed by atoms with Gasteiger partial charge < -0.3 is 0 Å². The van der Waals surface area contributed by atoms with Gasteiger partial charge in [0.1, 0.15) is 0 Å². The Balaban J connectivity index is 3.67. The van der Waals surface area contributed by atoms with E-state index in [1.165, 1.54) is 30.4 Å². The fourth-order valence-corrected chi connectivity index (χ4v) is 1.13. The van der Waals surface area contributed by atoms with Crippen LogP contribution in [0.1, 0.15) is 53.9 Å². The van der Waals surface area contributed by atoms with Crippen molar-refractivity contribution in [3.8, 4) is 0 Å². The second-order valence-corrected chi connectivity index (χ2v) is 4.50. The normalized spacial score (nSPS) is 12.0. The Morgan fingerprint density at radius 1 is 1.08 bits per heavy atom. The van der Waals surface area contributed by atoms with E-state index < -0.39 is 0 Å². The summed E-state index contributed by atoms with van der Waals surface area (Å²) in [5.41, 5.74) is 2.96. The molecular formula is C13H24. The standard InChI is InChI=1S/C13H24/c1-11(2)7-6-8-13(5)10-9-12(3)4/h7,10,12H,6,8-9H2,1-5H3. The first-order chi connectivity index (χ1) is 6.02. The van der Waals surface area contributed by atoms with Crippen LogP contribution < -0.4 is 0 Å². The summed E-state index contributed by atoms with van der Waals surface area (Å²) >= 11 is 0. The lowest BCUT2D eigenvalue weighted by molar-refractivity contribution is 0.659. The van der Waals surface area contributed by atoms with E-state index in [1.807, 2.05) is 0 Å². The Labute approximate surface area is 83.7 Å². The number of hydrogen-bond acceptors (Lipinski definition) is 0. The summed E-state index contributed by atoms with van der Waals surface area (Å²) in [6.07, 6.45) is 8.33. The molecule has 0 heteroatoms. The summed E-state index contributed by atoms with van der Waals surface area (Å²) in [5, 5.41) is 0. The van der Waals surface area contributed by atoms with E-state index in [9.17, 15) is 0 Å². The minimum Gasteiger partial charge on any atom is -0.0856 e. The molecule has 0 saturated heterocycles. The lowest BCUT2D eigenvalue weighted by Crippen LogP contribution is -1.84. The highest BCUT2D eigenvalue weighted by Gasteiger charge is 1.91. The highest BCUT2D eigenvalue weighted by Crippen LogP contribution is 2.10. The molecule has 0 rings (SSSR count). The number of hydrogen-bond donors (Lipinski definition) is 0. The Morgan fingerprint density at radius 3 is 2.15 bits per heavy atom. The third-order valence-electron chi connectivity index (χ3n) is 2.03. The molecule has 76 valence electrons. The fourth-order valence-electron chi connectivity index (χ4n) is 1.13. The van der Waals surface area contributed by atoms with Gasteiger partial charge in [-0.1, -0.05) is 37.1 Å². The molecule has 13 heavy (non-hydrogen) atoms. The van der Waals surface area contributed by atoms with Crippen LogP contribution in [0.5, 0.6) is 0 Å². The number of allylic oxidation sites excluding steroid dienone is 4. The van der Waals surface area contributed by atoms with Crippen molar-refractivity contribution in [3.63, 3.8) is 0 Å². The van der Waals surface area contributed by atoms with Crippen molar-refractivity contribution in [2.24, 2.45) is 5.92 Å². The zero-order valence-corrected chi connectivity index (χ0v) is 9.85. The third kappa shape index (κ3) is 9.39. The van der Waals surface area contributed by atoms with Crippen molar-refractivity contribution in [1.29, 1.82) is 0 Å². The number of rotatable bonds is 5. The van der Waals surface area contributed by atoms with Gasteiger partial charge in [-0.3, -0.25) is 0 Å². The van der Waals surface area contributed by atoms with Gasteiger partial charge in [-0.05, 0) is 46.0 Å². The summed E-state index contributed by atoms with van der Waals surface area (Å²) < 4.78 is 0. The molecular weight excluding hydrogens is 156 g/mol. The second-order valence-electron chi connectivity index (χ2n) is 4.50. The largest absolute Gasteiger partial charge is 0.0856 e. The molecule has 0 aliphatic rings. The summed E-state index contributed by atoms with van der Waals surface area (Å²) in [6, 6.07) is 0. The first kappa shape index (κ1) is 12.5. The van der Waals surface area contributed by atoms with Gasteiger partial charge in [0.2, 0.25) is 0 Å². The molecule has 0 bridgehead atoms. The van der Waals surface area contributed by atoms with E-state index in [1.54, 1.807) is 0 Å². The van der Waals surface area contributed by atoms with Gasteiger partial charge in [0.05, 0.1) is 0 Å². The van der Waals surface area contributed by atoms with Crippen LogP contribution in [0.15, 0.2) is 23.3 Å². The van der Waals surface area contributed by atoms with Crippen LogP contribution in [0, 0.1) is 5.92 Å². The van der Waals surface area contributed by atoms with Crippen LogP contribution >= 0.6 is 0 Å². The van der Waals surface area contributed by atoms with Crippen molar-refractivity contribution in [2.45, 2.75) is 53.9 Å². The van der Waals surface area contributed by atoms with E-state index in [0.717, 1.165) is 5.92 Å². The summed E-state index contributed by atoms with van der Waals surface area (Å²) in [7, 11) is 0. The van der Waals surface area contributed by atoms with E-state index in [-0.39, 0.29) is 0 Å². The fraction of sp³-hybridized carbons (Fsp3) is 0.692. The van der Waals surface area contributed by atoms with Crippen molar-refractivity contribution in [3.05, 3.63) is 23.3 Å². The Bertz CT molecular complexity index is 178. The predicted octanol–water partition coefficient (Wildman–Crippen LogP) is 4.73. The van der Waals surface area contributed by atoms with Crippen LogP contribution in [0.2, 0.25) is 0 Å². The van der Waals surface area contributed by atoms with Crippen molar-refractivity contribution >= 4 is 0 Å². The molecule has 0 nitrogen and oxygen atoms in total. The molecule has 0 aliphatic carbocycles. The summed E-state index contributed by atoms with van der Waals surface area (Å²) in [4.78, 5) is 0. The maximum absolute atomic E-state index is 2.38. The molecule has 0 saturated carbocycles. The van der Waals surface area contributed by atoms with Crippen molar-refractivity contribution < 1.29 is 0 Å². The van der Waals surface area contributed by atoms with E-state index >= 15 is 0 Å². The van der Waals surface area contributed by atoms with Crippen molar-refractivity contribution in [2.75, 3.05) is 0 Å². The Morgan fingerprint density at radius 2 is 1.69 bits per heavy atom. The van der Waals surface area contributed by atoms with Gasteiger partial charge in [0.15, 0.2) is 0 Å². The Hall–Kier alpha value is -0.520. The van der Waals surface area contributed by atoms with E-state index in [4.69, 9.17) is 0 Å². The van der Waals surface area contributed by atoms with Crippen LogP contribution in [-0.4, -0.2) is 0 Å². The molecule has 0 unspecified atom stereocenters. The van der Waals surface area contributed by atoms with Crippen LogP contribution in [0.25, 0.3) is 0 Å². The van der Waals surface area contributed by atoms with Gasteiger partial charge in [-0.25, -0.2) is 0 Å². The zero-order chi connectivity index (χ0) is 10.3. The van der Waals surface area contributed by atoms with Gasteiger partial charge in [0, 0.05) is 0 Å². The molecule has 0 N–H and O–H groups in total. The van der Waals surface area contributed by atoms with Gasteiger partial charge in [0.25, 0.3) is 0 Å². The SMILES string of the molecule is CC(C)=CCCC(C)=CCC(C)C. The smallest absolute Gasteiger partial charge is 0.0288 e. The van der Waals surface area contributed by atoms with Crippen molar-refractivity contribution in [1.82, 2.24) is 0 Å². The molecule has 0 aromatic heterocycles. The molecule has 0 spiro atoms. The van der Waals surface area contributed by atoms with Gasteiger partial charge in [-0.2, -0.15) is 0 Å². The molecule has 0 atom stereocenters. The first-order valence-electron chi connectivity index (χ1n) is 5.31. The first-order valence-corrected chi connectivity index (χ1v) is 5.31. The Kier molecular flexibility index (Phi) is 6.66. The highest BCUT2D eigenvalue weighted by atomic mass is 14.0. The molecule has 0 aliphatic heterocycles. The maximum Gasteiger partial charge on any atom is -0.0288 e. The van der Waals surface area contributed by atoms with Crippen LogP contribution in [0.4, 0.5) is 0 Å². The van der Waals surface area contributed by atoms with Crippen LogP contribution in [-0.2, 0) is 0 Å². The molecule has 0 radical (unpaired) electrons. The molecule has 0 heterocycles. The van der Waals surface area contributed by atoms with E-state index in [0.29, 0.717) is 0 Å². The van der Waals surface area contributed by atoms with Crippen LogP contribution in [0.3, 0.4) is 0 Å². The molecule has 0 amide bonds. The topological polar surface area (TPSA) is 0 Å². The summed E-state index contributed by atoms with van der Waals surface area (Å²) in [6.45, 7) is 11.1. The highest BCUT2D eigenvalue weighted by molar-refractivity contribution is 5.02. The molecule has 0 aromatic carbocycles. The second kappa shape index (κ2) is 6.94. The zero-order valence-electron chi connectivity index (χ0n) is 9.85. The minimum atomic E-state index is 0.790. The van der Waals surface area contributed by atoms with E-state index in [2.05, 4.69) is 46.8 Å². The summed E-state index contributed by atoms with van der Waals surface area (Å²) in [5.74, 6) is 0.790. The molecule has 0 fully saturated rings.